The fourth-order valence-electron chi connectivity index (χ4n) is 2.51. The van der Waals surface area contributed by atoms with Crippen molar-refractivity contribution in [2.45, 2.75) is 39.5 Å². The number of nitrogens with zero attached hydrogens (tertiary/aromatic N) is 1. The molecule has 3 N–H and O–H groups in total. The van der Waals surface area contributed by atoms with Gasteiger partial charge in [0.2, 0.25) is 0 Å². The van der Waals surface area contributed by atoms with Crippen molar-refractivity contribution in [1.29, 1.82) is 0 Å². The lowest BCUT2D eigenvalue weighted by atomic mass is 9.95. The van der Waals surface area contributed by atoms with Crippen molar-refractivity contribution < 1.29 is 0 Å². The Bertz CT molecular complexity index is 525. The summed E-state index contributed by atoms with van der Waals surface area (Å²) in [6.07, 6.45) is 4.23. The van der Waals surface area contributed by atoms with Crippen molar-refractivity contribution in [1.82, 2.24) is 9.97 Å². The molecule has 2 aromatic rings. The Labute approximate surface area is 121 Å². The summed E-state index contributed by atoms with van der Waals surface area (Å²) in [4.78, 5) is 7.93. The average molecular weight is 271 g/mol. The van der Waals surface area contributed by atoms with E-state index in [0.29, 0.717) is 18.4 Å². The zero-order valence-electron chi connectivity index (χ0n) is 12.7. The second-order valence-corrected chi connectivity index (χ2v) is 5.72. The minimum absolute atomic E-state index is 0.295. The van der Waals surface area contributed by atoms with Crippen LogP contribution >= 0.6 is 0 Å². The number of benzene rings is 1. The first kappa shape index (κ1) is 14.8. The Morgan fingerprint density at radius 2 is 1.90 bits per heavy atom. The number of nitrogens with two attached hydrogens (primary N) is 1. The predicted molar refractivity (Wildman–Crippen MR) is 84.7 cm³/mol. The molecule has 0 aliphatic carbocycles. The number of imidazole rings is 1. The number of rotatable bonds is 6. The van der Waals surface area contributed by atoms with Crippen molar-refractivity contribution in [2.75, 3.05) is 6.54 Å². The molecule has 0 radical (unpaired) electrons. The van der Waals surface area contributed by atoms with Gasteiger partial charge < -0.3 is 10.7 Å². The molecule has 0 saturated carbocycles. The molecule has 108 valence electrons. The van der Waals surface area contributed by atoms with E-state index in [2.05, 4.69) is 55.0 Å². The van der Waals surface area contributed by atoms with Gasteiger partial charge in [-0.1, -0.05) is 51.5 Å². The van der Waals surface area contributed by atoms with E-state index in [1.807, 2.05) is 6.20 Å². The largest absolute Gasteiger partial charge is 0.342 e. The maximum Gasteiger partial charge on any atom is 0.111 e. The molecule has 0 spiro atoms. The SMILES string of the molecule is CCCc1ccc(-c2cnc(C(CN)C(C)C)[nH]2)cc1. The Kier molecular flexibility index (Phi) is 4.96. The Hall–Kier alpha value is -1.61. The zero-order chi connectivity index (χ0) is 14.5. The average Bonchev–Trinajstić information content (AvgIpc) is 2.90. The van der Waals surface area contributed by atoms with Gasteiger partial charge in [-0.15, -0.1) is 0 Å². The van der Waals surface area contributed by atoms with E-state index in [1.165, 1.54) is 17.5 Å². The third kappa shape index (κ3) is 3.28. The minimum Gasteiger partial charge on any atom is -0.342 e. The van der Waals surface area contributed by atoms with Gasteiger partial charge >= 0.3 is 0 Å². The van der Waals surface area contributed by atoms with Crippen LogP contribution in [0.3, 0.4) is 0 Å². The molecule has 3 heteroatoms. The summed E-state index contributed by atoms with van der Waals surface area (Å²) < 4.78 is 0. The number of aromatic amines is 1. The molecule has 1 atom stereocenters. The molecule has 1 aromatic carbocycles. The highest BCUT2D eigenvalue weighted by molar-refractivity contribution is 5.58. The van der Waals surface area contributed by atoms with Gasteiger partial charge in [-0.25, -0.2) is 4.98 Å². The molecule has 0 aliphatic heterocycles. The quantitative estimate of drug-likeness (QED) is 0.841. The normalized spacial score (nSPS) is 12.8. The summed E-state index contributed by atoms with van der Waals surface area (Å²) in [7, 11) is 0. The topological polar surface area (TPSA) is 54.7 Å². The highest BCUT2D eigenvalue weighted by atomic mass is 14.9. The van der Waals surface area contributed by atoms with Crippen LogP contribution in [0.25, 0.3) is 11.3 Å². The van der Waals surface area contributed by atoms with Crippen molar-refractivity contribution >= 4 is 0 Å². The standard InChI is InChI=1S/C17H25N3/c1-4-5-13-6-8-14(9-7-13)16-11-19-17(20-16)15(10-18)12(2)3/h6-9,11-12,15H,4-5,10,18H2,1-3H3,(H,19,20). The summed E-state index contributed by atoms with van der Waals surface area (Å²) >= 11 is 0. The van der Waals surface area contributed by atoms with E-state index in [-0.39, 0.29) is 0 Å². The fraction of sp³-hybridized carbons (Fsp3) is 0.471. The van der Waals surface area contributed by atoms with Crippen molar-refractivity contribution in [2.24, 2.45) is 11.7 Å². The molecule has 0 saturated heterocycles. The van der Waals surface area contributed by atoms with Gasteiger partial charge in [0.15, 0.2) is 0 Å². The van der Waals surface area contributed by atoms with Crippen molar-refractivity contribution in [3.05, 3.63) is 41.9 Å². The molecule has 1 unspecified atom stereocenters. The van der Waals surface area contributed by atoms with Crippen LogP contribution in [0.5, 0.6) is 0 Å². The lowest BCUT2D eigenvalue weighted by Crippen LogP contribution is -2.19. The maximum absolute atomic E-state index is 5.85. The minimum atomic E-state index is 0.295. The lowest BCUT2D eigenvalue weighted by molar-refractivity contribution is 0.487. The number of aryl methyl sites for hydroxylation is 1. The van der Waals surface area contributed by atoms with E-state index in [4.69, 9.17) is 5.73 Å². The number of hydrogen-bond donors (Lipinski definition) is 2. The molecule has 20 heavy (non-hydrogen) atoms. The summed E-state index contributed by atoms with van der Waals surface area (Å²) in [6, 6.07) is 8.72. The van der Waals surface area contributed by atoms with Crippen LogP contribution in [0, 0.1) is 5.92 Å². The summed E-state index contributed by atoms with van der Waals surface area (Å²) in [5.74, 6) is 1.78. The highest BCUT2D eigenvalue weighted by Gasteiger charge is 2.17. The zero-order valence-corrected chi connectivity index (χ0v) is 12.7. The number of nitrogens with one attached hydrogen (secondary N) is 1. The molecule has 3 nitrogen and oxygen atoms in total. The number of H-pyrrole nitrogens is 1. The molecule has 0 amide bonds. The molecule has 1 aromatic heterocycles. The second kappa shape index (κ2) is 6.71. The first-order valence-electron chi connectivity index (χ1n) is 7.50. The van der Waals surface area contributed by atoms with E-state index < -0.39 is 0 Å². The lowest BCUT2D eigenvalue weighted by Gasteiger charge is -2.15. The Morgan fingerprint density at radius 1 is 1.20 bits per heavy atom. The molecular formula is C17H25N3. The van der Waals surface area contributed by atoms with Crippen LogP contribution in [0.4, 0.5) is 0 Å². The Morgan fingerprint density at radius 3 is 2.45 bits per heavy atom. The molecule has 2 rings (SSSR count). The molecule has 0 bridgehead atoms. The first-order chi connectivity index (χ1) is 9.65. The van der Waals surface area contributed by atoms with Gasteiger partial charge in [0.05, 0.1) is 11.9 Å². The monoisotopic (exact) mass is 271 g/mol. The van der Waals surface area contributed by atoms with Crippen LogP contribution in [-0.2, 0) is 6.42 Å². The van der Waals surface area contributed by atoms with Crippen molar-refractivity contribution in [3.63, 3.8) is 0 Å². The summed E-state index contributed by atoms with van der Waals surface area (Å²) in [5, 5.41) is 0. The van der Waals surface area contributed by atoms with Gasteiger partial charge in [0.25, 0.3) is 0 Å². The van der Waals surface area contributed by atoms with Crippen LogP contribution in [0.2, 0.25) is 0 Å². The summed E-state index contributed by atoms with van der Waals surface area (Å²) in [5.41, 5.74) is 9.49. The summed E-state index contributed by atoms with van der Waals surface area (Å²) in [6.45, 7) is 7.19. The fourth-order valence-corrected chi connectivity index (χ4v) is 2.51. The van der Waals surface area contributed by atoms with Crippen LogP contribution in [0.15, 0.2) is 30.5 Å². The van der Waals surface area contributed by atoms with Gasteiger partial charge in [-0.3, -0.25) is 0 Å². The van der Waals surface area contributed by atoms with Gasteiger partial charge in [0.1, 0.15) is 5.82 Å². The van der Waals surface area contributed by atoms with Crippen LogP contribution < -0.4 is 5.73 Å². The molecule has 1 heterocycles. The van der Waals surface area contributed by atoms with Crippen molar-refractivity contribution in [3.8, 4) is 11.3 Å². The van der Waals surface area contributed by atoms with Crippen LogP contribution in [-0.4, -0.2) is 16.5 Å². The van der Waals surface area contributed by atoms with E-state index >= 15 is 0 Å². The first-order valence-corrected chi connectivity index (χ1v) is 7.50. The van der Waals surface area contributed by atoms with Gasteiger partial charge in [-0.2, -0.15) is 0 Å². The van der Waals surface area contributed by atoms with Gasteiger partial charge in [-0.05, 0) is 23.5 Å². The Balaban J connectivity index is 2.19. The number of aromatic nitrogens is 2. The maximum atomic E-state index is 5.85. The number of hydrogen-bond acceptors (Lipinski definition) is 2. The predicted octanol–water partition coefficient (Wildman–Crippen LogP) is 3.73. The highest BCUT2D eigenvalue weighted by Crippen LogP contribution is 2.24. The van der Waals surface area contributed by atoms with Crippen LogP contribution in [0.1, 0.15) is 44.5 Å². The molecule has 0 aliphatic rings. The second-order valence-electron chi connectivity index (χ2n) is 5.72. The third-order valence-corrected chi connectivity index (χ3v) is 3.81. The van der Waals surface area contributed by atoms with E-state index in [9.17, 15) is 0 Å². The van der Waals surface area contributed by atoms with E-state index in [1.54, 1.807) is 0 Å². The van der Waals surface area contributed by atoms with Gasteiger partial charge in [0, 0.05) is 12.5 Å². The third-order valence-electron chi connectivity index (χ3n) is 3.81. The van der Waals surface area contributed by atoms with E-state index in [0.717, 1.165) is 17.9 Å². The molecule has 0 fully saturated rings. The molecular weight excluding hydrogens is 246 g/mol. The smallest absolute Gasteiger partial charge is 0.111 e.